The predicted octanol–water partition coefficient (Wildman–Crippen LogP) is 3.67. The Morgan fingerprint density at radius 1 is 1.24 bits per heavy atom. The lowest BCUT2D eigenvalue weighted by Gasteiger charge is -2.21. The molecule has 1 aliphatic rings. The van der Waals surface area contributed by atoms with Gasteiger partial charge < -0.3 is 16.0 Å². The van der Waals surface area contributed by atoms with E-state index in [1.807, 2.05) is 25.2 Å². The van der Waals surface area contributed by atoms with Crippen molar-refractivity contribution in [2.45, 2.75) is 51.6 Å². The zero-order chi connectivity index (χ0) is 15.2. The fourth-order valence-corrected chi connectivity index (χ4v) is 3.00. The Morgan fingerprint density at radius 2 is 1.95 bits per heavy atom. The molecule has 1 aromatic rings. The minimum atomic E-state index is -0.108. The van der Waals surface area contributed by atoms with Crippen LogP contribution in [-0.4, -0.2) is 19.1 Å². The van der Waals surface area contributed by atoms with Crippen LogP contribution in [0, 0.1) is 5.92 Å². The van der Waals surface area contributed by atoms with Gasteiger partial charge in [0.2, 0.25) is 0 Å². The van der Waals surface area contributed by atoms with Crippen LogP contribution in [0.5, 0.6) is 0 Å². The zero-order valence-electron chi connectivity index (χ0n) is 13.3. The Kier molecular flexibility index (Phi) is 5.62. The molecule has 1 aliphatic carbocycles. The van der Waals surface area contributed by atoms with Crippen LogP contribution in [0.3, 0.4) is 0 Å². The molecule has 2 unspecified atom stereocenters. The number of benzene rings is 1. The van der Waals surface area contributed by atoms with Gasteiger partial charge in [0.1, 0.15) is 0 Å². The highest BCUT2D eigenvalue weighted by Gasteiger charge is 2.22. The number of hydrogen-bond donors (Lipinski definition) is 3. The molecule has 116 valence electrons. The van der Waals surface area contributed by atoms with Crippen molar-refractivity contribution in [3.63, 3.8) is 0 Å². The van der Waals surface area contributed by atoms with Gasteiger partial charge in [-0.25, -0.2) is 4.79 Å². The molecule has 0 heterocycles. The van der Waals surface area contributed by atoms with E-state index in [0.29, 0.717) is 5.92 Å². The van der Waals surface area contributed by atoms with Crippen LogP contribution in [0.2, 0.25) is 0 Å². The summed E-state index contributed by atoms with van der Waals surface area (Å²) in [6.45, 7) is 4.20. The molecule has 0 spiro atoms. The first kappa shape index (κ1) is 15.8. The highest BCUT2D eigenvalue weighted by atomic mass is 16.2. The van der Waals surface area contributed by atoms with Gasteiger partial charge in [-0.1, -0.05) is 25.0 Å². The lowest BCUT2D eigenvalue weighted by atomic mass is 10.0. The highest BCUT2D eigenvalue weighted by Crippen LogP contribution is 2.27. The summed E-state index contributed by atoms with van der Waals surface area (Å²) in [7, 11) is 1.93. The number of hydrogen-bond acceptors (Lipinski definition) is 2. The van der Waals surface area contributed by atoms with E-state index in [1.54, 1.807) is 0 Å². The molecule has 1 aromatic carbocycles. The molecule has 21 heavy (non-hydrogen) atoms. The third-order valence-electron chi connectivity index (χ3n) is 4.54. The molecule has 0 radical (unpaired) electrons. The standard InChI is InChI=1S/C17H27N3O/c1-12(18-3)15-9-6-10-16(11-15)20-17(21)19-13(2)14-7-4-5-8-14/h6,9-14,18H,4-5,7-8H2,1-3H3,(H2,19,20,21). The zero-order valence-corrected chi connectivity index (χ0v) is 13.3. The van der Waals surface area contributed by atoms with E-state index in [1.165, 1.54) is 31.2 Å². The Labute approximate surface area is 127 Å². The summed E-state index contributed by atoms with van der Waals surface area (Å²) >= 11 is 0. The number of amides is 2. The molecule has 2 rings (SSSR count). The molecular formula is C17H27N3O. The maximum absolute atomic E-state index is 12.1. The first-order valence-electron chi connectivity index (χ1n) is 7.95. The van der Waals surface area contributed by atoms with Crippen molar-refractivity contribution in [1.29, 1.82) is 0 Å². The van der Waals surface area contributed by atoms with Gasteiger partial charge in [-0.3, -0.25) is 0 Å². The number of nitrogens with one attached hydrogen (secondary N) is 3. The largest absolute Gasteiger partial charge is 0.335 e. The minimum absolute atomic E-state index is 0.108. The number of rotatable bonds is 5. The van der Waals surface area contributed by atoms with E-state index in [4.69, 9.17) is 0 Å². The average molecular weight is 289 g/mol. The van der Waals surface area contributed by atoms with Crippen molar-refractivity contribution < 1.29 is 4.79 Å². The second-order valence-corrected chi connectivity index (χ2v) is 6.07. The van der Waals surface area contributed by atoms with Crippen molar-refractivity contribution >= 4 is 11.7 Å². The maximum Gasteiger partial charge on any atom is 0.319 e. The van der Waals surface area contributed by atoms with E-state index < -0.39 is 0 Å². The van der Waals surface area contributed by atoms with Gasteiger partial charge in [0, 0.05) is 17.8 Å². The molecule has 0 bridgehead atoms. The van der Waals surface area contributed by atoms with Gasteiger partial charge in [0.25, 0.3) is 0 Å². The molecule has 0 saturated heterocycles. The minimum Gasteiger partial charge on any atom is -0.335 e. The molecular weight excluding hydrogens is 262 g/mol. The van der Waals surface area contributed by atoms with Crippen LogP contribution in [0.4, 0.5) is 10.5 Å². The van der Waals surface area contributed by atoms with Crippen molar-refractivity contribution in [3.8, 4) is 0 Å². The lowest BCUT2D eigenvalue weighted by molar-refractivity contribution is 0.244. The topological polar surface area (TPSA) is 53.2 Å². The van der Waals surface area contributed by atoms with Gasteiger partial charge in [-0.15, -0.1) is 0 Å². The third kappa shape index (κ3) is 4.46. The fraction of sp³-hybridized carbons (Fsp3) is 0.588. The van der Waals surface area contributed by atoms with Crippen LogP contribution < -0.4 is 16.0 Å². The average Bonchev–Trinajstić information content (AvgIpc) is 3.00. The summed E-state index contributed by atoms with van der Waals surface area (Å²) in [6.07, 6.45) is 5.05. The van der Waals surface area contributed by atoms with Gasteiger partial charge in [-0.2, -0.15) is 0 Å². The molecule has 4 heteroatoms. The van der Waals surface area contributed by atoms with Crippen LogP contribution in [0.15, 0.2) is 24.3 Å². The van der Waals surface area contributed by atoms with Gasteiger partial charge in [-0.05, 0) is 57.4 Å². The van der Waals surface area contributed by atoms with Crippen molar-refractivity contribution in [1.82, 2.24) is 10.6 Å². The van der Waals surface area contributed by atoms with Crippen LogP contribution >= 0.6 is 0 Å². The molecule has 2 amide bonds. The van der Waals surface area contributed by atoms with E-state index in [9.17, 15) is 4.79 Å². The number of urea groups is 1. The number of carbonyl (C=O) groups excluding carboxylic acids is 1. The second-order valence-electron chi connectivity index (χ2n) is 6.07. The predicted molar refractivity (Wildman–Crippen MR) is 87.5 cm³/mol. The maximum atomic E-state index is 12.1. The lowest BCUT2D eigenvalue weighted by Crippen LogP contribution is -2.39. The van der Waals surface area contributed by atoms with Gasteiger partial charge >= 0.3 is 6.03 Å². The van der Waals surface area contributed by atoms with Crippen LogP contribution in [-0.2, 0) is 0 Å². The molecule has 4 nitrogen and oxygen atoms in total. The van der Waals surface area contributed by atoms with Crippen molar-refractivity contribution in [2.24, 2.45) is 5.92 Å². The fourth-order valence-electron chi connectivity index (χ4n) is 3.00. The Hall–Kier alpha value is -1.55. The van der Waals surface area contributed by atoms with E-state index >= 15 is 0 Å². The smallest absolute Gasteiger partial charge is 0.319 e. The monoisotopic (exact) mass is 289 g/mol. The summed E-state index contributed by atoms with van der Waals surface area (Å²) in [6, 6.07) is 8.37. The molecule has 3 N–H and O–H groups in total. The highest BCUT2D eigenvalue weighted by molar-refractivity contribution is 5.89. The van der Waals surface area contributed by atoms with E-state index in [2.05, 4.69) is 35.9 Å². The summed E-state index contributed by atoms with van der Waals surface area (Å²) < 4.78 is 0. The quantitative estimate of drug-likeness (QED) is 0.774. The molecule has 1 fully saturated rings. The molecule has 0 aromatic heterocycles. The van der Waals surface area contributed by atoms with Gasteiger partial charge in [0.15, 0.2) is 0 Å². The van der Waals surface area contributed by atoms with Crippen LogP contribution in [0.25, 0.3) is 0 Å². The Bertz CT molecular complexity index is 469. The Balaban J connectivity index is 1.90. The molecule has 1 saturated carbocycles. The molecule has 0 aliphatic heterocycles. The third-order valence-corrected chi connectivity index (χ3v) is 4.54. The summed E-state index contributed by atoms with van der Waals surface area (Å²) in [5.74, 6) is 0.631. The van der Waals surface area contributed by atoms with Gasteiger partial charge in [0.05, 0.1) is 0 Å². The Morgan fingerprint density at radius 3 is 2.62 bits per heavy atom. The first-order valence-corrected chi connectivity index (χ1v) is 7.95. The van der Waals surface area contributed by atoms with E-state index in [0.717, 1.165) is 5.69 Å². The van der Waals surface area contributed by atoms with E-state index in [-0.39, 0.29) is 18.1 Å². The SMILES string of the molecule is CNC(C)c1cccc(NC(=O)NC(C)C2CCCC2)c1. The summed E-state index contributed by atoms with van der Waals surface area (Å²) in [4.78, 5) is 12.1. The normalized spacial score (nSPS) is 18.2. The summed E-state index contributed by atoms with van der Waals surface area (Å²) in [5.41, 5.74) is 2.00. The molecule has 2 atom stereocenters. The summed E-state index contributed by atoms with van der Waals surface area (Å²) in [5, 5.41) is 9.21. The van der Waals surface area contributed by atoms with Crippen molar-refractivity contribution in [2.75, 3.05) is 12.4 Å². The number of anilines is 1. The number of carbonyl (C=O) groups is 1. The van der Waals surface area contributed by atoms with Crippen molar-refractivity contribution in [3.05, 3.63) is 29.8 Å². The van der Waals surface area contributed by atoms with Crippen LogP contribution in [0.1, 0.15) is 51.1 Å². The first-order chi connectivity index (χ1) is 10.1. The second kappa shape index (κ2) is 7.46.